The summed E-state index contributed by atoms with van der Waals surface area (Å²) in [5, 5.41) is 10.0. The van der Waals surface area contributed by atoms with Crippen LogP contribution in [0.5, 0.6) is 0 Å². The quantitative estimate of drug-likeness (QED) is 0.608. The Hall–Kier alpha value is 0.270. The molecule has 2 aliphatic carbocycles. The minimum Gasteiger partial charge on any atom is -0.789 e. The van der Waals surface area contributed by atoms with E-state index in [9.17, 15) is 5.11 Å². The zero-order valence-electron chi connectivity index (χ0n) is 7.43. The lowest BCUT2D eigenvalue weighted by Gasteiger charge is -2.40. The highest BCUT2D eigenvalue weighted by molar-refractivity contribution is 7.59. The number of rotatable bonds is 1. The third-order valence-electron chi connectivity index (χ3n) is 3.63. The molecule has 0 saturated heterocycles. The lowest BCUT2D eigenvalue weighted by molar-refractivity contribution is -0.0536. The van der Waals surface area contributed by atoms with Gasteiger partial charge in [-0.2, -0.15) is 5.25 Å². The van der Waals surface area contributed by atoms with Gasteiger partial charge in [-0.3, -0.25) is 0 Å². The summed E-state index contributed by atoms with van der Waals surface area (Å²) in [7, 11) is 1.68. The molecule has 2 aliphatic rings. The predicted octanol–water partition coefficient (Wildman–Crippen LogP) is 0.564. The van der Waals surface area contributed by atoms with Gasteiger partial charge in [-0.05, 0) is 18.3 Å². The zero-order valence-corrected chi connectivity index (χ0v) is 8.25. The van der Waals surface area contributed by atoms with Crippen molar-refractivity contribution in [3.63, 3.8) is 0 Å². The Bertz CT molecular complexity index is 183. The standard InChI is InChI=1S/C9H16O2S/c1-4-5-3-6(9(4)12)7(10)8(5)11-2/h4-10,12H,3H2,1-2H3/p-1/t4-,5?,6?,7?,8?,9?/m0/s1. The third-order valence-corrected chi connectivity index (χ3v) is 4.41. The average molecular weight is 187 g/mol. The minimum absolute atomic E-state index is 0.0456. The second-order valence-electron chi connectivity index (χ2n) is 4.08. The van der Waals surface area contributed by atoms with Gasteiger partial charge in [0.1, 0.15) is 0 Å². The third kappa shape index (κ3) is 0.963. The van der Waals surface area contributed by atoms with Gasteiger partial charge >= 0.3 is 0 Å². The van der Waals surface area contributed by atoms with Gasteiger partial charge in [-0.25, -0.2) is 0 Å². The van der Waals surface area contributed by atoms with Crippen molar-refractivity contribution in [2.75, 3.05) is 7.11 Å². The van der Waals surface area contributed by atoms with Gasteiger partial charge in [-0.15, -0.1) is 0 Å². The molecule has 0 amide bonds. The summed E-state index contributed by atoms with van der Waals surface area (Å²) >= 11 is 5.34. The van der Waals surface area contributed by atoms with Gasteiger partial charge in [0.15, 0.2) is 0 Å². The fourth-order valence-corrected chi connectivity index (χ4v) is 3.35. The lowest BCUT2D eigenvalue weighted by Crippen LogP contribution is -2.43. The fourth-order valence-electron chi connectivity index (χ4n) is 2.87. The van der Waals surface area contributed by atoms with Crippen molar-refractivity contribution in [3.05, 3.63) is 0 Å². The van der Waals surface area contributed by atoms with E-state index in [1.54, 1.807) is 7.11 Å². The first kappa shape index (κ1) is 8.85. The summed E-state index contributed by atoms with van der Waals surface area (Å²) in [6.45, 7) is 2.18. The molecule has 12 heavy (non-hydrogen) atoms. The molecular formula is C9H15O2S-. The molecule has 2 nitrogen and oxygen atoms in total. The second kappa shape index (κ2) is 2.89. The van der Waals surface area contributed by atoms with Gasteiger partial charge in [0, 0.05) is 7.11 Å². The molecule has 2 bridgehead atoms. The summed E-state index contributed by atoms with van der Waals surface area (Å²) in [6.07, 6.45) is 0.803. The van der Waals surface area contributed by atoms with Crippen LogP contribution in [0.25, 0.3) is 0 Å². The number of hydrogen-bond acceptors (Lipinski definition) is 3. The molecule has 0 aliphatic heterocycles. The first-order valence-electron chi connectivity index (χ1n) is 4.53. The lowest BCUT2D eigenvalue weighted by atomic mass is 9.86. The van der Waals surface area contributed by atoms with Crippen molar-refractivity contribution in [1.82, 2.24) is 0 Å². The van der Waals surface area contributed by atoms with Crippen molar-refractivity contribution >= 4 is 12.6 Å². The molecule has 3 heteroatoms. The Kier molecular flexibility index (Phi) is 2.13. The Morgan fingerprint density at radius 3 is 2.58 bits per heavy atom. The summed E-state index contributed by atoms with van der Waals surface area (Å²) in [5.41, 5.74) is 0. The Morgan fingerprint density at radius 1 is 1.42 bits per heavy atom. The van der Waals surface area contributed by atoms with Gasteiger partial charge < -0.3 is 22.5 Å². The van der Waals surface area contributed by atoms with Crippen LogP contribution in [0.2, 0.25) is 0 Å². The van der Waals surface area contributed by atoms with E-state index >= 15 is 0 Å². The molecule has 2 saturated carbocycles. The molecule has 0 heterocycles. The van der Waals surface area contributed by atoms with Crippen molar-refractivity contribution < 1.29 is 9.84 Å². The van der Waals surface area contributed by atoms with Gasteiger partial charge in [0.2, 0.25) is 0 Å². The Balaban J connectivity index is 2.18. The van der Waals surface area contributed by atoms with E-state index in [1.165, 1.54) is 0 Å². The van der Waals surface area contributed by atoms with Crippen LogP contribution >= 0.6 is 0 Å². The van der Waals surface area contributed by atoms with E-state index in [-0.39, 0.29) is 17.5 Å². The maximum atomic E-state index is 9.78. The number of methoxy groups -OCH3 is 1. The second-order valence-corrected chi connectivity index (χ2v) is 4.62. The largest absolute Gasteiger partial charge is 0.789 e. The van der Waals surface area contributed by atoms with E-state index in [1.807, 2.05) is 0 Å². The molecule has 1 N–H and O–H groups in total. The molecule has 0 radical (unpaired) electrons. The zero-order chi connectivity index (χ0) is 8.88. The van der Waals surface area contributed by atoms with Gasteiger partial charge in [0.25, 0.3) is 0 Å². The number of hydrogen-bond donors (Lipinski definition) is 1. The molecule has 0 aromatic carbocycles. The highest BCUT2D eigenvalue weighted by Gasteiger charge is 2.51. The van der Waals surface area contributed by atoms with Crippen molar-refractivity contribution in [3.8, 4) is 0 Å². The SMILES string of the molecule is COC1C(O)C2CC1[C@H](C)C2[S-]. The monoisotopic (exact) mass is 187 g/mol. The minimum atomic E-state index is -0.307. The van der Waals surface area contributed by atoms with Crippen LogP contribution in [-0.2, 0) is 17.4 Å². The molecule has 6 atom stereocenters. The van der Waals surface area contributed by atoms with E-state index in [0.29, 0.717) is 17.8 Å². The number of aliphatic hydroxyl groups excluding tert-OH is 1. The van der Waals surface area contributed by atoms with Crippen LogP contribution in [0, 0.1) is 17.8 Å². The first-order valence-corrected chi connectivity index (χ1v) is 5.00. The molecule has 2 rings (SSSR count). The first-order chi connectivity index (χ1) is 5.66. The maximum absolute atomic E-state index is 9.78. The number of ether oxygens (including phenoxy) is 1. The maximum Gasteiger partial charge on any atom is 0.0862 e. The molecule has 0 aromatic heterocycles. The van der Waals surface area contributed by atoms with Crippen LogP contribution in [0.15, 0.2) is 0 Å². The van der Waals surface area contributed by atoms with Crippen LogP contribution in [0.4, 0.5) is 0 Å². The van der Waals surface area contributed by atoms with Crippen LogP contribution in [-0.4, -0.2) is 29.7 Å². The van der Waals surface area contributed by atoms with Gasteiger partial charge in [-0.1, -0.05) is 12.8 Å². The van der Waals surface area contributed by atoms with Gasteiger partial charge in [0.05, 0.1) is 12.2 Å². The topological polar surface area (TPSA) is 29.5 Å². The van der Waals surface area contributed by atoms with Crippen molar-refractivity contribution in [2.45, 2.75) is 30.8 Å². The number of fused-ring (bicyclic) bond motifs is 2. The predicted molar refractivity (Wildman–Crippen MR) is 48.7 cm³/mol. The molecule has 5 unspecified atom stereocenters. The fraction of sp³-hybridized carbons (Fsp3) is 1.00. The Labute approximate surface area is 78.7 Å². The molecule has 70 valence electrons. The average Bonchev–Trinajstić information content (AvgIpc) is 2.51. The molecule has 2 fully saturated rings. The van der Waals surface area contributed by atoms with Crippen molar-refractivity contribution in [2.24, 2.45) is 17.8 Å². The molecule has 0 spiro atoms. The van der Waals surface area contributed by atoms with Crippen LogP contribution in [0.3, 0.4) is 0 Å². The summed E-state index contributed by atoms with van der Waals surface area (Å²) in [4.78, 5) is 0. The molecule has 0 aromatic rings. The Morgan fingerprint density at radius 2 is 2.08 bits per heavy atom. The molecular weight excluding hydrogens is 172 g/mol. The van der Waals surface area contributed by atoms with Crippen LogP contribution in [0.1, 0.15) is 13.3 Å². The highest BCUT2D eigenvalue weighted by atomic mass is 32.1. The number of aliphatic hydroxyl groups is 1. The van der Waals surface area contributed by atoms with E-state index < -0.39 is 0 Å². The summed E-state index contributed by atoms with van der Waals surface area (Å²) in [6, 6.07) is 0. The van der Waals surface area contributed by atoms with E-state index in [0.717, 1.165) is 6.42 Å². The normalized spacial score (nSPS) is 58.0. The smallest absolute Gasteiger partial charge is 0.0862 e. The van der Waals surface area contributed by atoms with Crippen LogP contribution < -0.4 is 0 Å². The van der Waals surface area contributed by atoms with E-state index in [4.69, 9.17) is 17.4 Å². The van der Waals surface area contributed by atoms with Crippen molar-refractivity contribution in [1.29, 1.82) is 0 Å². The highest BCUT2D eigenvalue weighted by Crippen LogP contribution is 2.49. The summed E-state index contributed by atoms with van der Waals surface area (Å²) in [5.74, 6) is 1.35. The van der Waals surface area contributed by atoms with E-state index in [2.05, 4.69) is 6.92 Å². The summed E-state index contributed by atoms with van der Waals surface area (Å²) < 4.78 is 5.28.